The van der Waals surface area contributed by atoms with Crippen LogP contribution in [-0.4, -0.2) is 36.2 Å². The molecule has 0 aromatic heterocycles. The van der Waals surface area contributed by atoms with Gasteiger partial charge in [0.05, 0.1) is 0 Å². The van der Waals surface area contributed by atoms with Gasteiger partial charge in [0.2, 0.25) is 0 Å². The van der Waals surface area contributed by atoms with Crippen molar-refractivity contribution in [2.45, 2.75) is 32.2 Å². The number of benzene rings is 1. The predicted molar refractivity (Wildman–Crippen MR) is 74.8 cm³/mol. The lowest BCUT2D eigenvalue weighted by Gasteiger charge is -2.27. The highest BCUT2D eigenvalue weighted by Crippen LogP contribution is 2.17. The highest BCUT2D eigenvalue weighted by Gasteiger charge is 2.10. The molecular formula is C15H24N2O. The molecule has 1 heterocycles. The summed E-state index contributed by atoms with van der Waals surface area (Å²) >= 11 is 0. The van der Waals surface area contributed by atoms with Crippen LogP contribution in [0.1, 0.15) is 37.8 Å². The van der Waals surface area contributed by atoms with Crippen molar-refractivity contribution in [2.24, 2.45) is 0 Å². The van der Waals surface area contributed by atoms with Gasteiger partial charge in [0.1, 0.15) is 5.75 Å². The maximum Gasteiger partial charge on any atom is 0.115 e. The lowest BCUT2D eigenvalue weighted by molar-refractivity contribution is 0.227. The number of aromatic hydroxyl groups is 1. The summed E-state index contributed by atoms with van der Waals surface area (Å²) in [4.78, 5) is 2.53. The van der Waals surface area contributed by atoms with Crippen molar-refractivity contribution in [3.8, 4) is 5.75 Å². The van der Waals surface area contributed by atoms with Gasteiger partial charge in [-0.15, -0.1) is 0 Å². The zero-order valence-corrected chi connectivity index (χ0v) is 11.2. The molecule has 1 unspecified atom stereocenters. The van der Waals surface area contributed by atoms with Gasteiger partial charge in [-0.05, 0) is 50.6 Å². The Labute approximate surface area is 110 Å². The van der Waals surface area contributed by atoms with Gasteiger partial charge in [-0.25, -0.2) is 0 Å². The van der Waals surface area contributed by atoms with E-state index < -0.39 is 0 Å². The Kier molecular flexibility index (Phi) is 5.02. The van der Waals surface area contributed by atoms with Crippen LogP contribution in [0.5, 0.6) is 5.75 Å². The number of nitrogens with one attached hydrogen (secondary N) is 1. The summed E-state index contributed by atoms with van der Waals surface area (Å²) in [6.07, 6.45) is 4.09. The average Bonchev–Trinajstić information content (AvgIpc) is 2.40. The summed E-state index contributed by atoms with van der Waals surface area (Å²) in [6.45, 7) is 6.79. The standard InChI is InChI=1S/C15H24N2O/c1-13(14-6-5-7-15(18)12-14)16-8-11-17-9-3-2-4-10-17/h5-7,12-13,16,18H,2-4,8-11H2,1H3. The molecule has 1 aliphatic heterocycles. The quantitative estimate of drug-likeness (QED) is 0.840. The van der Waals surface area contributed by atoms with Gasteiger partial charge in [-0.3, -0.25) is 0 Å². The summed E-state index contributed by atoms with van der Waals surface area (Å²) in [5.41, 5.74) is 1.15. The monoisotopic (exact) mass is 248 g/mol. The Hall–Kier alpha value is -1.06. The van der Waals surface area contributed by atoms with Gasteiger partial charge in [-0.2, -0.15) is 0 Å². The number of likely N-dealkylation sites (tertiary alicyclic amines) is 1. The number of hydrogen-bond acceptors (Lipinski definition) is 3. The normalized spacial score (nSPS) is 18.7. The van der Waals surface area contributed by atoms with Crippen molar-refractivity contribution < 1.29 is 5.11 Å². The van der Waals surface area contributed by atoms with Gasteiger partial charge >= 0.3 is 0 Å². The van der Waals surface area contributed by atoms with Crippen molar-refractivity contribution in [2.75, 3.05) is 26.2 Å². The molecule has 1 aromatic rings. The molecule has 1 fully saturated rings. The molecule has 3 nitrogen and oxygen atoms in total. The molecule has 100 valence electrons. The minimum atomic E-state index is 0.293. The molecule has 2 N–H and O–H groups in total. The van der Waals surface area contributed by atoms with Crippen molar-refractivity contribution in [1.29, 1.82) is 0 Å². The first-order chi connectivity index (χ1) is 8.75. The highest BCUT2D eigenvalue weighted by atomic mass is 16.3. The summed E-state index contributed by atoms with van der Waals surface area (Å²) in [5.74, 6) is 0.345. The van der Waals surface area contributed by atoms with Crippen LogP contribution in [0.25, 0.3) is 0 Å². The van der Waals surface area contributed by atoms with Crippen LogP contribution in [0.3, 0.4) is 0 Å². The second kappa shape index (κ2) is 6.76. The summed E-state index contributed by atoms with van der Waals surface area (Å²) in [5, 5.41) is 13.0. The molecular weight excluding hydrogens is 224 g/mol. The highest BCUT2D eigenvalue weighted by molar-refractivity contribution is 5.28. The predicted octanol–water partition coefficient (Wildman–Crippen LogP) is 2.53. The second-order valence-electron chi connectivity index (χ2n) is 5.17. The molecule has 1 aliphatic rings. The SMILES string of the molecule is CC(NCCN1CCCCC1)c1cccc(O)c1. The molecule has 0 radical (unpaired) electrons. The lowest BCUT2D eigenvalue weighted by Crippen LogP contribution is -2.36. The van der Waals surface area contributed by atoms with Crippen LogP contribution in [0.2, 0.25) is 0 Å². The van der Waals surface area contributed by atoms with Crippen molar-refractivity contribution in [3.63, 3.8) is 0 Å². The van der Waals surface area contributed by atoms with Crippen LogP contribution in [0.15, 0.2) is 24.3 Å². The van der Waals surface area contributed by atoms with Gasteiger partial charge in [0, 0.05) is 19.1 Å². The molecule has 0 saturated carbocycles. The zero-order valence-electron chi connectivity index (χ0n) is 11.2. The Morgan fingerprint density at radius 3 is 2.78 bits per heavy atom. The van der Waals surface area contributed by atoms with Crippen molar-refractivity contribution in [1.82, 2.24) is 10.2 Å². The number of phenolic OH excluding ortho intramolecular Hbond substituents is 1. The molecule has 1 atom stereocenters. The minimum absolute atomic E-state index is 0.293. The maximum atomic E-state index is 9.46. The van der Waals surface area contributed by atoms with Crippen molar-refractivity contribution >= 4 is 0 Å². The van der Waals surface area contributed by atoms with E-state index >= 15 is 0 Å². The van der Waals surface area contributed by atoms with E-state index in [1.807, 2.05) is 12.1 Å². The summed E-state index contributed by atoms with van der Waals surface area (Å²) < 4.78 is 0. The molecule has 0 aliphatic carbocycles. The third-order valence-corrected chi connectivity index (χ3v) is 3.70. The van der Waals surface area contributed by atoms with Crippen LogP contribution in [-0.2, 0) is 0 Å². The Balaban J connectivity index is 1.72. The fraction of sp³-hybridized carbons (Fsp3) is 0.600. The molecule has 0 amide bonds. The van der Waals surface area contributed by atoms with E-state index in [-0.39, 0.29) is 0 Å². The van der Waals surface area contributed by atoms with E-state index in [1.54, 1.807) is 6.07 Å². The van der Waals surface area contributed by atoms with E-state index in [0.717, 1.165) is 18.7 Å². The number of rotatable bonds is 5. The van der Waals surface area contributed by atoms with Crippen LogP contribution in [0.4, 0.5) is 0 Å². The topological polar surface area (TPSA) is 35.5 Å². The van der Waals surface area contributed by atoms with Crippen LogP contribution in [0, 0.1) is 0 Å². The minimum Gasteiger partial charge on any atom is -0.508 e. The molecule has 1 aromatic carbocycles. The first kappa shape index (κ1) is 13.4. The number of hydrogen-bond donors (Lipinski definition) is 2. The van der Waals surface area contributed by atoms with E-state index in [4.69, 9.17) is 0 Å². The van der Waals surface area contributed by atoms with Gasteiger partial charge < -0.3 is 15.3 Å². The number of nitrogens with zero attached hydrogens (tertiary/aromatic N) is 1. The summed E-state index contributed by atoms with van der Waals surface area (Å²) in [7, 11) is 0. The number of phenols is 1. The maximum absolute atomic E-state index is 9.46. The smallest absolute Gasteiger partial charge is 0.115 e. The fourth-order valence-electron chi connectivity index (χ4n) is 2.53. The molecule has 0 spiro atoms. The molecule has 1 saturated heterocycles. The molecule has 0 bridgehead atoms. The van der Waals surface area contributed by atoms with E-state index in [2.05, 4.69) is 23.2 Å². The van der Waals surface area contributed by atoms with Crippen LogP contribution >= 0.6 is 0 Å². The largest absolute Gasteiger partial charge is 0.508 e. The average molecular weight is 248 g/mol. The van der Waals surface area contributed by atoms with Gasteiger partial charge in [-0.1, -0.05) is 18.6 Å². The third kappa shape index (κ3) is 4.00. The second-order valence-corrected chi connectivity index (χ2v) is 5.17. The van der Waals surface area contributed by atoms with E-state index in [1.165, 1.54) is 32.4 Å². The zero-order chi connectivity index (χ0) is 12.8. The Morgan fingerprint density at radius 2 is 2.06 bits per heavy atom. The number of piperidine rings is 1. The molecule has 18 heavy (non-hydrogen) atoms. The van der Waals surface area contributed by atoms with Crippen molar-refractivity contribution in [3.05, 3.63) is 29.8 Å². The first-order valence-corrected chi connectivity index (χ1v) is 7.00. The Morgan fingerprint density at radius 1 is 1.28 bits per heavy atom. The third-order valence-electron chi connectivity index (χ3n) is 3.70. The summed E-state index contributed by atoms with van der Waals surface area (Å²) in [6, 6.07) is 7.79. The van der Waals surface area contributed by atoms with E-state index in [0.29, 0.717) is 11.8 Å². The lowest BCUT2D eigenvalue weighted by atomic mass is 10.1. The molecule has 3 heteroatoms. The van der Waals surface area contributed by atoms with E-state index in [9.17, 15) is 5.11 Å². The van der Waals surface area contributed by atoms with Gasteiger partial charge in [0.15, 0.2) is 0 Å². The van der Waals surface area contributed by atoms with Crippen LogP contribution < -0.4 is 5.32 Å². The first-order valence-electron chi connectivity index (χ1n) is 7.00. The molecule has 2 rings (SSSR count). The Bertz CT molecular complexity index is 361. The fourth-order valence-corrected chi connectivity index (χ4v) is 2.53. The van der Waals surface area contributed by atoms with Gasteiger partial charge in [0.25, 0.3) is 0 Å².